The van der Waals surface area contributed by atoms with Crippen molar-refractivity contribution in [1.82, 2.24) is 4.90 Å². The largest absolute Gasteiger partial charge is 0.478 e. The third-order valence-corrected chi connectivity index (χ3v) is 4.84. The van der Waals surface area contributed by atoms with E-state index in [0.717, 1.165) is 6.42 Å². The summed E-state index contributed by atoms with van der Waals surface area (Å²) in [5.74, 6) is -1.38. The minimum absolute atomic E-state index is 0.0800. The van der Waals surface area contributed by atoms with Crippen molar-refractivity contribution in [3.05, 3.63) is 29.8 Å². The summed E-state index contributed by atoms with van der Waals surface area (Å²) in [5.41, 5.74) is 0.651. The molecule has 0 aliphatic carbocycles. The summed E-state index contributed by atoms with van der Waals surface area (Å²) in [7, 11) is 0. The number of hydrogen-bond acceptors (Lipinski definition) is 5. The lowest BCUT2D eigenvalue weighted by molar-refractivity contribution is -0.129. The zero-order valence-electron chi connectivity index (χ0n) is 12.2. The summed E-state index contributed by atoms with van der Waals surface area (Å²) in [6.07, 6.45) is 0.991. The molecule has 0 bridgehead atoms. The number of fused-ring (bicyclic) bond motifs is 1. The molecule has 2 N–H and O–H groups in total. The van der Waals surface area contributed by atoms with Crippen molar-refractivity contribution in [2.75, 3.05) is 18.4 Å². The van der Waals surface area contributed by atoms with Gasteiger partial charge in [-0.1, -0.05) is 11.8 Å². The Bertz CT molecular complexity index is 686. The number of thioether (sulfide) groups is 1. The molecule has 1 atom stereocenters. The topological polar surface area (TPSA) is 99.1 Å². The van der Waals surface area contributed by atoms with Gasteiger partial charge in [-0.2, -0.15) is 0 Å². The first-order valence-corrected chi connectivity index (χ1v) is 8.08. The lowest BCUT2D eigenvalue weighted by Gasteiger charge is -2.33. The highest BCUT2D eigenvalue weighted by atomic mass is 32.2. The van der Waals surface area contributed by atoms with Crippen LogP contribution in [0.5, 0.6) is 0 Å². The number of carboxylic acids is 1. The van der Waals surface area contributed by atoms with Crippen molar-refractivity contribution in [3.63, 3.8) is 0 Å². The molecule has 1 aromatic carbocycles. The SMILES string of the molecule is O=C(O)c1ccc(NC(=O)[C@@H]2CC(=O)N3CCCN=C3S2)cc1. The zero-order valence-corrected chi connectivity index (χ0v) is 13.0. The quantitative estimate of drug-likeness (QED) is 0.871. The van der Waals surface area contributed by atoms with Gasteiger partial charge in [0.15, 0.2) is 5.17 Å². The maximum atomic E-state index is 12.3. The molecule has 1 fully saturated rings. The third-order valence-electron chi connectivity index (χ3n) is 3.62. The molecule has 1 saturated heterocycles. The number of aromatic carboxylic acids is 1. The van der Waals surface area contributed by atoms with Crippen LogP contribution in [0.4, 0.5) is 5.69 Å². The highest BCUT2D eigenvalue weighted by Gasteiger charge is 2.36. The van der Waals surface area contributed by atoms with Crippen LogP contribution in [-0.2, 0) is 9.59 Å². The Morgan fingerprint density at radius 2 is 2.04 bits per heavy atom. The van der Waals surface area contributed by atoms with Crippen molar-refractivity contribution in [1.29, 1.82) is 0 Å². The number of rotatable bonds is 3. The number of carbonyl (C=O) groups excluding carboxylic acids is 2. The molecule has 1 aromatic rings. The molecule has 0 saturated carbocycles. The Kier molecular flexibility index (Phi) is 4.33. The van der Waals surface area contributed by atoms with Crippen LogP contribution in [0.2, 0.25) is 0 Å². The maximum absolute atomic E-state index is 12.3. The molecule has 0 aromatic heterocycles. The van der Waals surface area contributed by atoms with Crippen LogP contribution < -0.4 is 5.32 Å². The van der Waals surface area contributed by atoms with E-state index in [1.54, 1.807) is 4.90 Å². The highest BCUT2D eigenvalue weighted by molar-refractivity contribution is 8.15. The van der Waals surface area contributed by atoms with Gasteiger partial charge in [-0.15, -0.1) is 0 Å². The van der Waals surface area contributed by atoms with E-state index in [0.29, 0.717) is 23.9 Å². The minimum Gasteiger partial charge on any atom is -0.478 e. The van der Waals surface area contributed by atoms with Gasteiger partial charge >= 0.3 is 5.97 Å². The lowest BCUT2D eigenvalue weighted by Crippen LogP contribution is -2.47. The fraction of sp³-hybridized carbons (Fsp3) is 0.333. The Morgan fingerprint density at radius 1 is 1.30 bits per heavy atom. The first-order chi connectivity index (χ1) is 11.0. The predicted molar refractivity (Wildman–Crippen MR) is 86.7 cm³/mol. The monoisotopic (exact) mass is 333 g/mol. The number of amidine groups is 1. The van der Waals surface area contributed by atoms with Crippen molar-refractivity contribution < 1.29 is 19.5 Å². The van der Waals surface area contributed by atoms with E-state index in [-0.39, 0.29) is 23.8 Å². The molecular formula is C15H15N3O4S. The average Bonchev–Trinajstić information content (AvgIpc) is 2.55. The van der Waals surface area contributed by atoms with Crippen molar-refractivity contribution in [3.8, 4) is 0 Å². The Morgan fingerprint density at radius 3 is 2.74 bits per heavy atom. The second-order valence-electron chi connectivity index (χ2n) is 5.25. The van der Waals surface area contributed by atoms with E-state index in [1.165, 1.54) is 36.0 Å². The first-order valence-electron chi connectivity index (χ1n) is 7.20. The van der Waals surface area contributed by atoms with Crippen LogP contribution in [-0.4, -0.2) is 51.3 Å². The number of amides is 2. The second kappa shape index (κ2) is 6.41. The lowest BCUT2D eigenvalue weighted by atomic mass is 10.2. The van der Waals surface area contributed by atoms with Gasteiger partial charge in [0.05, 0.1) is 5.56 Å². The predicted octanol–water partition coefficient (Wildman–Crippen LogP) is 1.42. The van der Waals surface area contributed by atoms with Gasteiger partial charge in [0.2, 0.25) is 11.8 Å². The van der Waals surface area contributed by atoms with E-state index in [4.69, 9.17) is 5.11 Å². The highest BCUT2D eigenvalue weighted by Crippen LogP contribution is 2.29. The number of hydrogen-bond donors (Lipinski definition) is 2. The number of benzene rings is 1. The van der Waals surface area contributed by atoms with Crippen molar-refractivity contribution in [2.45, 2.75) is 18.1 Å². The average molecular weight is 333 g/mol. The molecule has 7 nitrogen and oxygen atoms in total. The van der Waals surface area contributed by atoms with E-state index in [9.17, 15) is 14.4 Å². The maximum Gasteiger partial charge on any atom is 0.335 e. The summed E-state index contributed by atoms with van der Waals surface area (Å²) >= 11 is 1.30. The van der Waals surface area contributed by atoms with E-state index in [1.807, 2.05) is 0 Å². The number of anilines is 1. The second-order valence-corrected chi connectivity index (χ2v) is 6.42. The van der Waals surface area contributed by atoms with Gasteiger partial charge in [0.25, 0.3) is 0 Å². The van der Waals surface area contributed by atoms with Gasteiger partial charge in [0, 0.05) is 25.2 Å². The van der Waals surface area contributed by atoms with Gasteiger partial charge < -0.3 is 10.4 Å². The van der Waals surface area contributed by atoms with Crippen molar-refractivity contribution >= 4 is 40.4 Å². The molecule has 8 heteroatoms. The summed E-state index contributed by atoms with van der Waals surface area (Å²) in [4.78, 5) is 41.2. The van der Waals surface area contributed by atoms with Gasteiger partial charge in [-0.3, -0.25) is 19.5 Å². The van der Waals surface area contributed by atoms with E-state index < -0.39 is 11.2 Å². The smallest absolute Gasteiger partial charge is 0.335 e. The summed E-state index contributed by atoms with van der Waals surface area (Å²) in [6.45, 7) is 1.34. The normalized spacial score (nSPS) is 20.5. The third kappa shape index (κ3) is 3.37. The molecule has 0 unspecified atom stereocenters. The Labute approximate surface area is 136 Å². The van der Waals surface area contributed by atoms with Crippen molar-refractivity contribution in [2.24, 2.45) is 4.99 Å². The summed E-state index contributed by atoms with van der Waals surface area (Å²) in [5, 5.41) is 11.7. The minimum atomic E-state index is -1.02. The number of aliphatic imine (C=N–C) groups is 1. The fourth-order valence-electron chi connectivity index (χ4n) is 2.42. The fourth-order valence-corrected chi connectivity index (χ4v) is 3.55. The number of carboxylic acid groups (broad SMARTS) is 1. The van der Waals surface area contributed by atoms with Gasteiger partial charge in [-0.25, -0.2) is 4.79 Å². The standard InChI is InChI=1S/C15H15N3O4S/c19-12-8-11(23-15-16-6-1-7-18(12)15)13(20)17-10-4-2-9(3-5-10)14(21)22/h2-5,11H,1,6-8H2,(H,17,20)(H,21,22)/t11-/m0/s1. The molecule has 120 valence electrons. The van der Waals surface area contributed by atoms with Crippen LogP contribution >= 0.6 is 11.8 Å². The van der Waals surface area contributed by atoms with Crippen LogP contribution in [0.15, 0.2) is 29.3 Å². The number of nitrogens with one attached hydrogen (secondary N) is 1. The van der Waals surface area contributed by atoms with E-state index in [2.05, 4.69) is 10.3 Å². The van der Waals surface area contributed by atoms with Gasteiger partial charge in [-0.05, 0) is 30.7 Å². The van der Waals surface area contributed by atoms with Crippen LogP contribution in [0.3, 0.4) is 0 Å². The molecule has 0 radical (unpaired) electrons. The van der Waals surface area contributed by atoms with E-state index >= 15 is 0 Å². The summed E-state index contributed by atoms with van der Waals surface area (Å²) < 4.78 is 0. The molecular weight excluding hydrogens is 318 g/mol. The van der Waals surface area contributed by atoms with Crippen LogP contribution in [0.25, 0.3) is 0 Å². The number of nitrogens with zero attached hydrogens (tertiary/aromatic N) is 2. The molecule has 2 aliphatic heterocycles. The molecule has 0 spiro atoms. The molecule has 2 heterocycles. The van der Waals surface area contributed by atoms with Gasteiger partial charge in [0.1, 0.15) is 5.25 Å². The van der Waals surface area contributed by atoms with Crippen LogP contribution in [0, 0.1) is 0 Å². The first kappa shape index (κ1) is 15.5. The molecule has 2 aliphatic rings. The summed E-state index contributed by atoms with van der Waals surface area (Å²) in [6, 6.07) is 5.90. The Balaban J connectivity index is 1.67. The van der Waals surface area contributed by atoms with Crippen LogP contribution in [0.1, 0.15) is 23.2 Å². The Hall–Kier alpha value is -2.35. The zero-order chi connectivity index (χ0) is 16.4. The number of carbonyl (C=O) groups is 3. The molecule has 3 rings (SSSR count). The molecule has 2 amide bonds. The molecule has 23 heavy (non-hydrogen) atoms.